The predicted octanol–water partition coefficient (Wildman–Crippen LogP) is 4.69. The smallest absolute Gasteiger partial charge is 0.393 e. The summed E-state index contributed by atoms with van der Waals surface area (Å²) >= 11 is 3.54. The molecule has 0 spiro atoms. The number of nitrogens with zero attached hydrogens (tertiary/aromatic N) is 3. The van der Waals surface area contributed by atoms with Gasteiger partial charge in [-0.1, -0.05) is 0 Å². The van der Waals surface area contributed by atoms with Crippen LogP contribution in [0.15, 0.2) is 46.3 Å². The second-order valence-electron chi connectivity index (χ2n) is 6.69. The molecule has 0 bridgehead atoms. The summed E-state index contributed by atoms with van der Waals surface area (Å²) in [5.41, 5.74) is 5.69. The highest BCUT2D eigenvalue weighted by atomic mass is 79.9. The van der Waals surface area contributed by atoms with Gasteiger partial charge in [0.15, 0.2) is 5.70 Å². The minimum Gasteiger partial charge on any atom is -0.393 e. The maximum atomic E-state index is 15.5. The summed E-state index contributed by atoms with van der Waals surface area (Å²) in [5.74, 6) is 0. The molecule has 0 unspecified atom stereocenters. The van der Waals surface area contributed by atoms with E-state index in [2.05, 4.69) is 20.9 Å². The molecule has 0 amide bonds. The van der Waals surface area contributed by atoms with Gasteiger partial charge in [0.25, 0.3) is 0 Å². The number of halogens is 3. The van der Waals surface area contributed by atoms with Gasteiger partial charge in [-0.15, -0.1) is 0 Å². The van der Waals surface area contributed by atoms with Crippen LogP contribution in [0.2, 0.25) is 0 Å². The van der Waals surface area contributed by atoms with Crippen LogP contribution in [-0.2, 0) is 0 Å². The van der Waals surface area contributed by atoms with E-state index in [9.17, 15) is 0 Å². The molecule has 4 rings (SSSR count). The average molecular weight is 404 g/mol. The molecule has 0 radical (unpaired) electrons. The van der Waals surface area contributed by atoms with Gasteiger partial charge in [0.05, 0.1) is 5.57 Å². The lowest BCUT2D eigenvalue weighted by Gasteiger charge is -2.34. The Bertz CT molecular complexity index is 1030. The van der Waals surface area contributed by atoms with E-state index < -0.39 is 6.97 Å². The molecule has 25 heavy (non-hydrogen) atoms. The number of aryl methyl sites for hydroxylation is 2. The van der Waals surface area contributed by atoms with Crippen LogP contribution in [0.1, 0.15) is 36.4 Å². The van der Waals surface area contributed by atoms with Gasteiger partial charge in [0.2, 0.25) is 0 Å². The highest BCUT2D eigenvalue weighted by molar-refractivity contribution is 9.10. The van der Waals surface area contributed by atoms with Gasteiger partial charge in [0, 0.05) is 46.7 Å². The van der Waals surface area contributed by atoms with E-state index in [1.54, 1.807) is 26.2 Å². The highest BCUT2D eigenvalue weighted by Gasteiger charge is 2.55. The van der Waals surface area contributed by atoms with Crippen molar-refractivity contribution in [1.29, 1.82) is 0 Å². The third kappa shape index (κ3) is 2.08. The lowest BCUT2D eigenvalue weighted by Crippen LogP contribution is -2.51. The Balaban J connectivity index is 2.22. The molecule has 7 heteroatoms. The number of pyridine rings is 1. The van der Waals surface area contributed by atoms with Crippen LogP contribution in [0.3, 0.4) is 0 Å². The zero-order valence-electron chi connectivity index (χ0n) is 14.4. The standard InChI is InChI=1S/C18H17BBrF2N3/c1-10-7-12(3)24-17(10)16(14-5-6-23-9-15(14)20)18-11(2)8-13(4)25(18)19(24,21)22/h5-9H,1-4H3. The first kappa shape index (κ1) is 16.5. The monoisotopic (exact) mass is 403 g/mol. The molecular formula is C18H17BBrF2N3. The first-order valence-electron chi connectivity index (χ1n) is 8.12. The fourth-order valence-electron chi connectivity index (χ4n) is 4.13. The Morgan fingerprint density at radius 3 is 2.60 bits per heavy atom. The van der Waals surface area contributed by atoms with Crippen molar-refractivity contribution in [2.24, 2.45) is 0 Å². The Kier molecular flexibility index (Phi) is 3.45. The summed E-state index contributed by atoms with van der Waals surface area (Å²) < 4.78 is 34.2. The van der Waals surface area contributed by atoms with Crippen molar-refractivity contribution >= 4 is 34.2 Å². The number of rotatable bonds is 1. The van der Waals surface area contributed by atoms with Crippen LogP contribution in [-0.4, -0.2) is 26.6 Å². The summed E-state index contributed by atoms with van der Waals surface area (Å²) in [7, 11) is 0. The first-order valence-corrected chi connectivity index (χ1v) is 8.91. The van der Waals surface area contributed by atoms with Crippen molar-refractivity contribution in [2.45, 2.75) is 27.7 Å². The summed E-state index contributed by atoms with van der Waals surface area (Å²) in [6.45, 7) is 3.32. The van der Waals surface area contributed by atoms with E-state index in [-0.39, 0.29) is 0 Å². The van der Waals surface area contributed by atoms with Gasteiger partial charge < -0.3 is 17.6 Å². The van der Waals surface area contributed by atoms with Crippen molar-refractivity contribution in [1.82, 2.24) is 9.46 Å². The molecule has 0 saturated heterocycles. The van der Waals surface area contributed by atoms with Crippen molar-refractivity contribution in [3.05, 3.63) is 68.9 Å². The molecule has 0 fully saturated rings. The zero-order chi connectivity index (χ0) is 18.1. The largest absolute Gasteiger partial charge is 0.737 e. The Labute approximate surface area is 153 Å². The van der Waals surface area contributed by atoms with Crippen LogP contribution in [0.25, 0.3) is 5.57 Å². The number of hydrogen-bond acceptors (Lipinski definition) is 1. The Morgan fingerprint density at radius 2 is 1.92 bits per heavy atom. The van der Waals surface area contributed by atoms with Gasteiger partial charge in [-0.25, -0.2) is 0 Å². The van der Waals surface area contributed by atoms with E-state index in [4.69, 9.17) is 0 Å². The molecular weight excluding hydrogens is 387 g/mol. The number of hydrogen-bond donors (Lipinski definition) is 0. The molecule has 3 nitrogen and oxygen atoms in total. The molecule has 2 aromatic heterocycles. The van der Waals surface area contributed by atoms with E-state index in [0.717, 1.165) is 26.7 Å². The lowest BCUT2D eigenvalue weighted by molar-refractivity contribution is -0.363. The lowest BCUT2D eigenvalue weighted by atomic mass is 9.84. The van der Waals surface area contributed by atoms with E-state index in [0.29, 0.717) is 22.8 Å². The van der Waals surface area contributed by atoms with E-state index >= 15 is 8.63 Å². The topological polar surface area (TPSA) is 20.8 Å². The van der Waals surface area contributed by atoms with E-state index in [1.165, 1.54) is 8.96 Å². The minimum absolute atomic E-state index is 0.566. The van der Waals surface area contributed by atoms with Gasteiger partial charge in [-0.05, 0) is 60.1 Å². The van der Waals surface area contributed by atoms with Crippen LogP contribution in [0.4, 0.5) is 8.63 Å². The predicted molar refractivity (Wildman–Crippen MR) is 99.9 cm³/mol. The summed E-state index contributed by atoms with van der Waals surface area (Å²) in [4.78, 5) is 4.12. The van der Waals surface area contributed by atoms with Crippen molar-refractivity contribution in [3.8, 4) is 0 Å². The van der Waals surface area contributed by atoms with Crippen LogP contribution in [0.5, 0.6) is 0 Å². The van der Waals surface area contributed by atoms with Crippen molar-refractivity contribution in [2.75, 3.05) is 0 Å². The number of allylic oxidation sites excluding steroid dienone is 2. The fraction of sp³-hybridized carbons (Fsp3) is 0.222. The summed E-state index contributed by atoms with van der Waals surface area (Å²) in [6.07, 6.45) is 5.22. The van der Waals surface area contributed by atoms with E-state index in [1.807, 2.05) is 32.1 Å². The molecule has 0 N–H and O–H groups in total. The molecule has 0 aromatic carbocycles. The number of aromatic nitrogens is 2. The second-order valence-corrected chi connectivity index (χ2v) is 7.55. The quantitative estimate of drug-likeness (QED) is 0.632. The van der Waals surface area contributed by atoms with Gasteiger partial charge in [-0.2, -0.15) is 0 Å². The summed E-state index contributed by atoms with van der Waals surface area (Å²) in [6, 6.07) is 3.70. The molecule has 0 saturated carbocycles. The maximum Gasteiger partial charge on any atom is 0.737 e. The third-order valence-electron chi connectivity index (χ3n) is 4.98. The molecule has 0 atom stereocenters. The molecule has 4 heterocycles. The maximum absolute atomic E-state index is 15.5. The molecule has 0 aliphatic carbocycles. The van der Waals surface area contributed by atoms with Crippen LogP contribution in [0, 0.1) is 13.8 Å². The molecule has 2 aromatic rings. The Morgan fingerprint density at radius 1 is 1.20 bits per heavy atom. The van der Waals surface area contributed by atoms with Crippen LogP contribution < -0.4 is 0 Å². The third-order valence-corrected chi connectivity index (χ3v) is 5.61. The number of fused-ring (bicyclic) bond motifs is 2. The van der Waals surface area contributed by atoms with Crippen LogP contribution >= 0.6 is 15.9 Å². The molecule has 128 valence electrons. The van der Waals surface area contributed by atoms with Gasteiger partial charge in [-0.3, -0.25) is 4.98 Å². The normalized spacial score (nSPS) is 18.4. The minimum atomic E-state index is -3.93. The van der Waals surface area contributed by atoms with Gasteiger partial charge in [0.1, 0.15) is 5.71 Å². The summed E-state index contributed by atoms with van der Waals surface area (Å²) in [5, 5.41) is 0. The van der Waals surface area contributed by atoms with Crippen molar-refractivity contribution < 1.29 is 13.1 Å². The van der Waals surface area contributed by atoms with Crippen molar-refractivity contribution in [3.63, 3.8) is 0 Å². The van der Waals surface area contributed by atoms with Gasteiger partial charge >= 0.3 is 6.97 Å². The first-order chi connectivity index (χ1) is 11.7. The SMILES string of the molecule is CC1=CC(C)=[N+]2C1=C(c1ccncc1Br)c1c(C)cc(C)n1[B-]2(F)F. The Hall–Kier alpha value is -2.02. The molecule has 2 aliphatic rings. The highest BCUT2D eigenvalue weighted by Crippen LogP contribution is 2.45. The average Bonchev–Trinajstić information content (AvgIpc) is 2.99. The second kappa shape index (κ2) is 5.24. The molecule has 2 aliphatic heterocycles. The fourth-order valence-corrected chi connectivity index (χ4v) is 4.58. The zero-order valence-corrected chi connectivity index (χ0v) is 16.0.